The quantitative estimate of drug-likeness (QED) is 0.887. The monoisotopic (exact) mass is 306 g/mol. The van der Waals surface area contributed by atoms with Crippen molar-refractivity contribution in [3.63, 3.8) is 0 Å². The molecule has 0 saturated carbocycles. The maximum Gasteiger partial charge on any atom is 0.223 e. The highest BCUT2D eigenvalue weighted by Crippen LogP contribution is 2.13. The molecule has 0 radical (unpaired) electrons. The van der Waals surface area contributed by atoms with Crippen LogP contribution in [0.3, 0.4) is 0 Å². The normalized spacial score (nSPS) is 20.0. The van der Waals surface area contributed by atoms with Gasteiger partial charge in [-0.2, -0.15) is 4.98 Å². The summed E-state index contributed by atoms with van der Waals surface area (Å²) in [6.07, 6.45) is 3.61. The summed E-state index contributed by atoms with van der Waals surface area (Å²) in [6, 6.07) is 4.90. The van der Waals surface area contributed by atoms with Gasteiger partial charge in [0.1, 0.15) is 0 Å². The van der Waals surface area contributed by atoms with Gasteiger partial charge in [0.2, 0.25) is 5.89 Å². The summed E-state index contributed by atoms with van der Waals surface area (Å²) in [7, 11) is 0. The van der Waals surface area contributed by atoms with Crippen molar-refractivity contribution in [2.75, 3.05) is 19.6 Å². The molecule has 1 fully saturated rings. The third-order valence-electron chi connectivity index (χ3n) is 3.82. The minimum Gasteiger partial charge on any atom is -0.340 e. The van der Waals surface area contributed by atoms with Crippen LogP contribution >= 0.6 is 11.3 Å². The predicted octanol–water partition coefficient (Wildman–Crippen LogP) is 2.24. The molecule has 3 rings (SSSR count). The lowest BCUT2D eigenvalue weighted by Crippen LogP contribution is -2.45. The molecule has 2 aromatic heterocycles. The summed E-state index contributed by atoms with van der Waals surface area (Å²) < 4.78 is 5.04. The Kier molecular flexibility index (Phi) is 5.00. The second kappa shape index (κ2) is 7.15. The molecule has 114 valence electrons. The predicted molar refractivity (Wildman–Crippen MR) is 83.4 cm³/mol. The van der Waals surface area contributed by atoms with Crippen LogP contribution in [0.2, 0.25) is 0 Å². The molecule has 1 atom stereocenters. The van der Waals surface area contributed by atoms with Crippen LogP contribution in [0, 0.1) is 6.92 Å². The van der Waals surface area contributed by atoms with Gasteiger partial charge in [0, 0.05) is 30.9 Å². The smallest absolute Gasteiger partial charge is 0.223 e. The Bertz CT molecular complexity index is 540. The average molecular weight is 306 g/mol. The van der Waals surface area contributed by atoms with E-state index < -0.39 is 0 Å². The van der Waals surface area contributed by atoms with Gasteiger partial charge >= 0.3 is 0 Å². The third-order valence-corrected chi connectivity index (χ3v) is 4.76. The molecule has 0 unspecified atom stereocenters. The fraction of sp³-hybridized carbons (Fsp3) is 0.600. The van der Waals surface area contributed by atoms with Crippen molar-refractivity contribution in [3.05, 3.63) is 34.1 Å². The van der Waals surface area contributed by atoms with Crippen molar-refractivity contribution >= 4 is 11.3 Å². The van der Waals surface area contributed by atoms with Gasteiger partial charge in [0.15, 0.2) is 5.82 Å². The van der Waals surface area contributed by atoms with E-state index in [-0.39, 0.29) is 0 Å². The van der Waals surface area contributed by atoms with E-state index in [1.807, 2.05) is 18.3 Å². The van der Waals surface area contributed by atoms with Crippen LogP contribution in [0.25, 0.3) is 0 Å². The molecule has 0 aromatic carbocycles. The lowest BCUT2D eigenvalue weighted by Gasteiger charge is -2.32. The van der Waals surface area contributed by atoms with Crippen LogP contribution in [0.15, 0.2) is 22.0 Å². The van der Waals surface area contributed by atoms with E-state index in [0.29, 0.717) is 11.9 Å². The Morgan fingerprint density at radius 1 is 1.52 bits per heavy atom. The molecule has 0 spiro atoms. The van der Waals surface area contributed by atoms with Gasteiger partial charge in [-0.15, -0.1) is 11.3 Å². The minimum absolute atomic E-state index is 0.576. The van der Waals surface area contributed by atoms with Gasteiger partial charge in [-0.1, -0.05) is 11.2 Å². The number of aromatic nitrogens is 2. The number of thiophene rings is 1. The topological polar surface area (TPSA) is 54.2 Å². The summed E-state index contributed by atoms with van der Waals surface area (Å²) in [5.74, 6) is 1.44. The van der Waals surface area contributed by atoms with Gasteiger partial charge < -0.3 is 9.84 Å². The van der Waals surface area contributed by atoms with E-state index in [0.717, 1.165) is 38.4 Å². The minimum atomic E-state index is 0.576. The number of hydrogen-bond acceptors (Lipinski definition) is 6. The Balaban J connectivity index is 1.42. The van der Waals surface area contributed by atoms with E-state index in [4.69, 9.17) is 4.52 Å². The average Bonchev–Trinajstić information content (AvgIpc) is 3.11. The zero-order valence-corrected chi connectivity index (χ0v) is 13.2. The number of rotatable bonds is 6. The van der Waals surface area contributed by atoms with Gasteiger partial charge in [-0.3, -0.25) is 4.90 Å². The Morgan fingerprint density at radius 2 is 2.48 bits per heavy atom. The lowest BCUT2D eigenvalue weighted by atomic mass is 10.1. The van der Waals surface area contributed by atoms with E-state index in [1.54, 1.807) is 0 Å². The first kappa shape index (κ1) is 14.7. The molecule has 1 aliphatic heterocycles. The molecule has 1 N–H and O–H groups in total. The molecular formula is C15H22N4OS. The SMILES string of the molecule is Cc1nc(CN2CCC[C@@H](NCCc3cccs3)C2)no1. The van der Waals surface area contributed by atoms with Gasteiger partial charge in [-0.05, 0) is 37.3 Å². The molecule has 1 aliphatic rings. The van der Waals surface area contributed by atoms with E-state index in [1.165, 1.54) is 17.7 Å². The molecule has 0 bridgehead atoms. The zero-order valence-electron chi connectivity index (χ0n) is 12.4. The van der Waals surface area contributed by atoms with Gasteiger partial charge in [0.25, 0.3) is 0 Å². The maximum atomic E-state index is 5.04. The molecule has 5 nitrogen and oxygen atoms in total. The maximum absolute atomic E-state index is 5.04. The third kappa shape index (κ3) is 4.36. The molecular weight excluding hydrogens is 284 g/mol. The number of piperidine rings is 1. The van der Waals surface area contributed by atoms with E-state index in [9.17, 15) is 0 Å². The zero-order chi connectivity index (χ0) is 14.5. The summed E-state index contributed by atoms with van der Waals surface area (Å²) in [4.78, 5) is 8.16. The standard InChI is InChI=1S/C15H22N4OS/c1-12-17-15(18-20-12)11-19-8-2-4-13(10-19)16-7-6-14-5-3-9-21-14/h3,5,9,13,16H,2,4,6-8,10-11H2,1H3/t13-/m1/s1. The highest BCUT2D eigenvalue weighted by molar-refractivity contribution is 7.09. The Labute approximate surface area is 129 Å². The first-order chi connectivity index (χ1) is 10.3. The second-order valence-corrected chi connectivity index (χ2v) is 6.62. The number of nitrogens with zero attached hydrogens (tertiary/aromatic N) is 3. The Morgan fingerprint density at radius 3 is 3.24 bits per heavy atom. The molecule has 1 saturated heterocycles. The summed E-state index contributed by atoms with van der Waals surface area (Å²) in [5, 5.41) is 9.81. The van der Waals surface area contributed by atoms with Crippen molar-refractivity contribution in [3.8, 4) is 0 Å². The van der Waals surface area contributed by atoms with Crippen molar-refractivity contribution in [1.82, 2.24) is 20.4 Å². The first-order valence-corrected chi connectivity index (χ1v) is 8.45. The fourth-order valence-electron chi connectivity index (χ4n) is 2.83. The molecule has 21 heavy (non-hydrogen) atoms. The fourth-order valence-corrected chi connectivity index (χ4v) is 3.53. The van der Waals surface area contributed by atoms with Crippen LogP contribution in [-0.2, 0) is 13.0 Å². The van der Waals surface area contributed by atoms with Crippen LogP contribution in [0.5, 0.6) is 0 Å². The molecule has 0 amide bonds. The van der Waals surface area contributed by atoms with Gasteiger partial charge in [0.05, 0.1) is 6.54 Å². The van der Waals surface area contributed by atoms with Crippen LogP contribution < -0.4 is 5.32 Å². The van der Waals surface area contributed by atoms with E-state index in [2.05, 4.69) is 37.9 Å². The lowest BCUT2D eigenvalue weighted by molar-refractivity contribution is 0.178. The highest BCUT2D eigenvalue weighted by Gasteiger charge is 2.20. The molecule has 0 aliphatic carbocycles. The number of likely N-dealkylation sites (tertiary alicyclic amines) is 1. The number of aryl methyl sites for hydroxylation is 1. The van der Waals surface area contributed by atoms with Crippen LogP contribution in [-0.4, -0.2) is 40.7 Å². The first-order valence-electron chi connectivity index (χ1n) is 7.57. The summed E-state index contributed by atoms with van der Waals surface area (Å²) >= 11 is 1.84. The number of hydrogen-bond donors (Lipinski definition) is 1. The van der Waals surface area contributed by atoms with Crippen LogP contribution in [0.1, 0.15) is 29.4 Å². The summed E-state index contributed by atoms with van der Waals surface area (Å²) in [5.41, 5.74) is 0. The van der Waals surface area contributed by atoms with Crippen molar-refractivity contribution in [1.29, 1.82) is 0 Å². The van der Waals surface area contributed by atoms with Crippen molar-refractivity contribution in [2.45, 2.75) is 38.8 Å². The van der Waals surface area contributed by atoms with E-state index >= 15 is 0 Å². The largest absolute Gasteiger partial charge is 0.340 e. The molecule has 3 heterocycles. The molecule has 2 aromatic rings. The van der Waals surface area contributed by atoms with Crippen LogP contribution in [0.4, 0.5) is 0 Å². The highest BCUT2D eigenvalue weighted by atomic mass is 32.1. The van der Waals surface area contributed by atoms with Crippen molar-refractivity contribution < 1.29 is 4.52 Å². The Hall–Kier alpha value is -1.24. The number of nitrogens with one attached hydrogen (secondary N) is 1. The molecule has 6 heteroatoms. The second-order valence-electron chi connectivity index (χ2n) is 5.59. The van der Waals surface area contributed by atoms with Crippen molar-refractivity contribution in [2.24, 2.45) is 0 Å². The summed E-state index contributed by atoms with van der Waals surface area (Å²) in [6.45, 7) is 5.87. The van der Waals surface area contributed by atoms with Gasteiger partial charge in [-0.25, -0.2) is 0 Å².